The highest BCUT2D eigenvalue weighted by molar-refractivity contribution is 14.1. The predicted molar refractivity (Wildman–Crippen MR) is 79.8 cm³/mol. The second-order valence-electron chi connectivity index (χ2n) is 3.70. The normalized spacial score (nSPS) is 10.2. The van der Waals surface area contributed by atoms with Gasteiger partial charge in [-0.05, 0) is 52.9 Å². The maximum Gasteiger partial charge on any atom is 0.124 e. The molecule has 2 rings (SSSR count). The average Bonchev–Trinajstić information content (AvgIpc) is 2.35. The lowest BCUT2D eigenvalue weighted by atomic mass is 10.2. The van der Waals surface area contributed by atoms with Gasteiger partial charge in [-0.25, -0.2) is 4.39 Å². The molecule has 3 nitrogen and oxygen atoms in total. The van der Waals surface area contributed by atoms with Crippen LogP contribution in [-0.4, -0.2) is 7.11 Å². The zero-order valence-electron chi connectivity index (χ0n) is 9.71. The number of benzene rings is 2. The monoisotopic (exact) mass is 358 g/mol. The van der Waals surface area contributed by atoms with E-state index in [0.717, 1.165) is 14.9 Å². The number of nitrogens with two attached hydrogens (primary N) is 1. The Balaban J connectivity index is 2.33. The molecule has 18 heavy (non-hydrogen) atoms. The van der Waals surface area contributed by atoms with E-state index in [2.05, 4.69) is 27.9 Å². The van der Waals surface area contributed by atoms with Crippen molar-refractivity contribution in [3.63, 3.8) is 0 Å². The van der Waals surface area contributed by atoms with Crippen LogP contribution in [0.5, 0.6) is 5.75 Å². The standard InChI is InChI=1S/C13H12FIN2O/c1-18-9-3-4-11(16)13(7-9)17-12-5-2-8(14)6-10(12)15/h2-7,17H,16H2,1H3. The van der Waals surface area contributed by atoms with Gasteiger partial charge in [-0.1, -0.05) is 0 Å². The molecule has 5 heteroatoms. The molecule has 0 amide bonds. The first-order chi connectivity index (χ1) is 8.60. The quantitative estimate of drug-likeness (QED) is 0.649. The van der Waals surface area contributed by atoms with Gasteiger partial charge in [0.2, 0.25) is 0 Å². The molecule has 0 saturated heterocycles. The zero-order valence-corrected chi connectivity index (χ0v) is 11.9. The lowest BCUT2D eigenvalue weighted by Crippen LogP contribution is -1.98. The van der Waals surface area contributed by atoms with Gasteiger partial charge in [-0.2, -0.15) is 0 Å². The summed E-state index contributed by atoms with van der Waals surface area (Å²) in [6.07, 6.45) is 0. The minimum atomic E-state index is -0.261. The molecule has 2 aromatic rings. The van der Waals surface area contributed by atoms with Crippen molar-refractivity contribution >= 4 is 39.7 Å². The van der Waals surface area contributed by atoms with Gasteiger partial charge in [0.05, 0.1) is 24.2 Å². The van der Waals surface area contributed by atoms with Gasteiger partial charge in [0.25, 0.3) is 0 Å². The molecule has 94 valence electrons. The molecule has 0 fully saturated rings. The summed E-state index contributed by atoms with van der Waals surface area (Å²) in [5.74, 6) is 0.451. The molecule has 0 aliphatic carbocycles. The van der Waals surface area contributed by atoms with E-state index >= 15 is 0 Å². The maximum atomic E-state index is 13.0. The highest BCUT2D eigenvalue weighted by Crippen LogP contribution is 2.29. The first-order valence-corrected chi connectivity index (χ1v) is 6.33. The van der Waals surface area contributed by atoms with Crippen LogP contribution >= 0.6 is 22.6 Å². The van der Waals surface area contributed by atoms with E-state index in [1.165, 1.54) is 12.1 Å². The Hall–Kier alpha value is -1.50. The molecule has 0 spiro atoms. The van der Waals surface area contributed by atoms with Gasteiger partial charge < -0.3 is 15.8 Å². The van der Waals surface area contributed by atoms with Crippen molar-refractivity contribution in [3.05, 3.63) is 45.8 Å². The first-order valence-electron chi connectivity index (χ1n) is 5.26. The zero-order chi connectivity index (χ0) is 13.1. The molecule has 0 radical (unpaired) electrons. The number of nitrogen functional groups attached to an aromatic ring is 1. The summed E-state index contributed by atoms with van der Waals surface area (Å²) >= 11 is 2.07. The molecular formula is C13H12FIN2O. The second-order valence-corrected chi connectivity index (χ2v) is 4.86. The molecule has 0 heterocycles. The van der Waals surface area contributed by atoms with Crippen LogP contribution in [0.4, 0.5) is 21.5 Å². The summed E-state index contributed by atoms with van der Waals surface area (Å²) < 4.78 is 18.9. The van der Waals surface area contributed by atoms with Crippen LogP contribution in [0.2, 0.25) is 0 Å². The Morgan fingerprint density at radius 3 is 2.61 bits per heavy atom. The Morgan fingerprint density at radius 1 is 1.17 bits per heavy atom. The maximum absolute atomic E-state index is 13.0. The van der Waals surface area contributed by atoms with E-state index in [1.54, 1.807) is 31.4 Å². The molecule has 0 unspecified atom stereocenters. The molecular weight excluding hydrogens is 346 g/mol. The number of ether oxygens (including phenoxy) is 1. The van der Waals surface area contributed by atoms with Crippen molar-refractivity contribution in [3.8, 4) is 5.75 Å². The highest BCUT2D eigenvalue weighted by Gasteiger charge is 2.05. The van der Waals surface area contributed by atoms with Crippen LogP contribution in [0.3, 0.4) is 0 Å². The first kappa shape index (κ1) is 12.9. The number of rotatable bonds is 3. The lowest BCUT2D eigenvalue weighted by molar-refractivity contribution is 0.415. The summed E-state index contributed by atoms with van der Waals surface area (Å²) in [6, 6.07) is 9.89. The summed E-state index contributed by atoms with van der Waals surface area (Å²) in [6.45, 7) is 0. The van der Waals surface area contributed by atoms with Crippen LogP contribution in [0.25, 0.3) is 0 Å². The molecule has 0 aromatic heterocycles. The van der Waals surface area contributed by atoms with Crippen LogP contribution in [-0.2, 0) is 0 Å². The van der Waals surface area contributed by atoms with Crippen molar-refractivity contribution in [1.29, 1.82) is 0 Å². The van der Waals surface area contributed by atoms with E-state index < -0.39 is 0 Å². The Morgan fingerprint density at radius 2 is 1.94 bits per heavy atom. The fourth-order valence-electron chi connectivity index (χ4n) is 1.51. The number of anilines is 3. The van der Waals surface area contributed by atoms with E-state index in [1.807, 2.05) is 0 Å². The number of methoxy groups -OCH3 is 1. The second kappa shape index (κ2) is 5.43. The van der Waals surface area contributed by atoms with Crippen molar-refractivity contribution in [2.24, 2.45) is 0 Å². The van der Waals surface area contributed by atoms with Crippen molar-refractivity contribution in [2.75, 3.05) is 18.2 Å². The summed E-state index contributed by atoms with van der Waals surface area (Å²) in [5, 5.41) is 3.16. The number of hydrogen-bond acceptors (Lipinski definition) is 3. The molecule has 3 N–H and O–H groups in total. The van der Waals surface area contributed by atoms with Crippen molar-refractivity contribution in [1.82, 2.24) is 0 Å². The number of nitrogens with one attached hydrogen (secondary N) is 1. The van der Waals surface area contributed by atoms with Crippen LogP contribution in [0.15, 0.2) is 36.4 Å². The third-order valence-electron chi connectivity index (χ3n) is 2.46. The van der Waals surface area contributed by atoms with Gasteiger partial charge in [0, 0.05) is 9.64 Å². The predicted octanol–water partition coefficient (Wildman–Crippen LogP) is 3.76. The smallest absolute Gasteiger partial charge is 0.124 e. The van der Waals surface area contributed by atoms with E-state index in [-0.39, 0.29) is 5.82 Å². The van der Waals surface area contributed by atoms with Crippen molar-refractivity contribution in [2.45, 2.75) is 0 Å². The SMILES string of the molecule is COc1ccc(N)c(Nc2ccc(F)cc2I)c1. The van der Waals surface area contributed by atoms with E-state index in [4.69, 9.17) is 10.5 Å². The molecule has 0 aliphatic rings. The minimum Gasteiger partial charge on any atom is -0.497 e. The minimum absolute atomic E-state index is 0.261. The van der Waals surface area contributed by atoms with Crippen LogP contribution in [0.1, 0.15) is 0 Å². The molecule has 0 bridgehead atoms. The Labute approximate surface area is 118 Å². The average molecular weight is 358 g/mol. The van der Waals surface area contributed by atoms with E-state index in [9.17, 15) is 4.39 Å². The van der Waals surface area contributed by atoms with Gasteiger partial charge in [-0.3, -0.25) is 0 Å². The third-order valence-corrected chi connectivity index (χ3v) is 3.35. The Bertz CT molecular complexity index is 575. The van der Waals surface area contributed by atoms with Gasteiger partial charge >= 0.3 is 0 Å². The highest BCUT2D eigenvalue weighted by atomic mass is 127. The molecule has 0 saturated carbocycles. The summed E-state index contributed by atoms with van der Waals surface area (Å²) in [5.41, 5.74) is 8.02. The number of halogens is 2. The van der Waals surface area contributed by atoms with Crippen LogP contribution in [0, 0.1) is 9.39 Å². The van der Waals surface area contributed by atoms with E-state index in [0.29, 0.717) is 11.4 Å². The molecule has 0 aliphatic heterocycles. The number of hydrogen-bond donors (Lipinski definition) is 2. The van der Waals surface area contributed by atoms with Crippen LogP contribution < -0.4 is 15.8 Å². The van der Waals surface area contributed by atoms with Gasteiger partial charge in [0.15, 0.2) is 0 Å². The fourth-order valence-corrected chi connectivity index (χ4v) is 2.12. The fraction of sp³-hybridized carbons (Fsp3) is 0.0769. The van der Waals surface area contributed by atoms with Gasteiger partial charge in [-0.15, -0.1) is 0 Å². The third kappa shape index (κ3) is 2.84. The lowest BCUT2D eigenvalue weighted by Gasteiger charge is -2.12. The summed E-state index contributed by atoms with van der Waals surface area (Å²) in [7, 11) is 1.59. The topological polar surface area (TPSA) is 47.3 Å². The molecule has 0 atom stereocenters. The largest absolute Gasteiger partial charge is 0.497 e. The Kier molecular flexibility index (Phi) is 3.90. The summed E-state index contributed by atoms with van der Waals surface area (Å²) in [4.78, 5) is 0. The van der Waals surface area contributed by atoms with Gasteiger partial charge in [0.1, 0.15) is 11.6 Å². The molecule has 2 aromatic carbocycles. The van der Waals surface area contributed by atoms with Crippen molar-refractivity contribution < 1.29 is 9.13 Å².